The second-order valence-corrected chi connectivity index (χ2v) is 5.74. The standard InChI is InChI=1S/C17H32O5/c1-3-4-5-6-7-8-9-12-15(18)13-10-11-14-16(19)22-17(20)21-2/h15,18H,3-14H2,1-2H3. The molecule has 22 heavy (non-hydrogen) atoms. The van der Waals surface area contributed by atoms with Crippen molar-refractivity contribution in [3.05, 3.63) is 0 Å². The van der Waals surface area contributed by atoms with Crippen molar-refractivity contribution in [2.24, 2.45) is 0 Å². The molecule has 0 aromatic carbocycles. The molecule has 5 nitrogen and oxygen atoms in total. The van der Waals surface area contributed by atoms with Crippen LogP contribution in [0.2, 0.25) is 0 Å². The maximum absolute atomic E-state index is 11.2. The lowest BCUT2D eigenvalue weighted by Gasteiger charge is -2.10. The van der Waals surface area contributed by atoms with Crippen molar-refractivity contribution in [1.29, 1.82) is 0 Å². The van der Waals surface area contributed by atoms with Gasteiger partial charge in [-0.25, -0.2) is 4.79 Å². The number of aliphatic hydroxyl groups is 1. The molecule has 1 atom stereocenters. The SMILES string of the molecule is CCCCCCCCCC(O)CCCCC(=O)OC(=O)OC. The number of aliphatic hydroxyl groups excluding tert-OH is 1. The van der Waals surface area contributed by atoms with Crippen molar-refractivity contribution in [2.75, 3.05) is 7.11 Å². The summed E-state index contributed by atoms with van der Waals surface area (Å²) in [6, 6.07) is 0. The lowest BCUT2D eigenvalue weighted by molar-refractivity contribution is -0.139. The number of hydrogen-bond donors (Lipinski definition) is 1. The average Bonchev–Trinajstić information content (AvgIpc) is 2.50. The van der Waals surface area contributed by atoms with Gasteiger partial charge in [0, 0.05) is 6.42 Å². The number of carbonyl (C=O) groups excluding carboxylic acids is 2. The smallest absolute Gasteiger partial charge is 0.437 e. The van der Waals surface area contributed by atoms with Gasteiger partial charge in [-0.05, 0) is 19.3 Å². The van der Waals surface area contributed by atoms with Gasteiger partial charge in [-0.2, -0.15) is 0 Å². The number of esters is 1. The average molecular weight is 316 g/mol. The summed E-state index contributed by atoms with van der Waals surface area (Å²) in [6.07, 6.45) is 10.5. The molecule has 0 fully saturated rings. The van der Waals surface area contributed by atoms with E-state index in [4.69, 9.17) is 0 Å². The third kappa shape index (κ3) is 13.9. The molecule has 0 amide bonds. The first-order valence-electron chi connectivity index (χ1n) is 8.56. The van der Waals surface area contributed by atoms with Crippen LogP contribution in [-0.4, -0.2) is 30.4 Å². The van der Waals surface area contributed by atoms with Crippen LogP contribution in [0, 0.1) is 0 Å². The van der Waals surface area contributed by atoms with E-state index in [1.807, 2.05) is 0 Å². The Labute approximate surface area is 134 Å². The molecule has 0 rings (SSSR count). The predicted molar refractivity (Wildman–Crippen MR) is 85.6 cm³/mol. The number of ether oxygens (including phenoxy) is 2. The minimum Gasteiger partial charge on any atom is -0.437 e. The molecule has 1 unspecified atom stereocenters. The van der Waals surface area contributed by atoms with E-state index in [9.17, 15) is 14.7 Å². The lowest BCUT2D eigenvalue weighted by Crippen LogP contribution is -2.12. The molecule has 0 aliphatic heterocycles. The van der Waals surface area contributed by atoms with Gasteiger partial charge in [0.25, 0.3) is 0 Å². The maximum atomic E-state index is 11.2. The van der Waals surface area contributed by atoms with Crippen LogP contribution in [0.25, 0.3) is 0 Å². The molecular formula is C17H32O5. The molecule has 130 valence electrons. The first kappa shape index (κ1) is 20.9. The topological polar surface area (TPSA) is 72.8 Å². The van der Waals surface area contributed by atoms with Crippen molar-refractivity contribution < 1.29 is 24.2 Å². The molecule has 0 aromatic heterocycles. The highest BCUT2D eigenvalue weighted by molar-refractivity contribution is 5.81. The number of methoxy groups -OCH3 is 1. The lowest BCUT2D eigenvalue weighted by atomic mass is 10.0. The Hall–Kier alpha value is -1.10. The van der Waals surface area contributed by atoms with Gasteiger partial charge in [0.15, 0.2) is 0 Å². The zero-order valence-electron chi connectivity index (χ0n) is 14.1. The normalized spacial score (nSPS) is 12.0. The van der Waals surface area contributed by atoms with Crippen LogP contribution < -0.4 is 0 Å². The second kappa shape index (κ2) is 14.8. The van der Waals surface area contributed by atoms with Gasteiger partial charge in [0.2, 0.25) is 0 Å². The fraction of sp³-hybridized carbons (Fsp3) is 0.882. The molecule has 5 heteroatoms. The zero-order valence-corrected chi connectivity index (χ0v) is 14.1. The van der Waals surface area contributed by atoms with Crippen LogP contribution in [0.3, 0.4) is 0 Å². The van der Waals surface area contributed by atoms with Crippen molar-refractivity contribution in [3.8, 4) is 0 Å². The molecule has 0 aromatic rings. The van der Waals surface area contributed by atoms with Crippen molar-refractivity contribution in [3.63, 3.8) is 0 Å². The Morgan fingerprint density at radius 1 is 0.909 bits per heavy atom. The molecule has 0 saturated heterocycles. The van der Waals surface area contributed by atoms with Gasteiger partial charge < -0.3 is 14.6 Å². The van der Waals surface area contributed by atoms with Gasteiger partial charge in [-0.1, -0.05) is 58.3 Å². The summed E-state index contributed by atoms with van der Waals surface area (Å²) in [6.45, 7) is 2.21. The fourth-order valence-electron chi connectivity index (χ4n) is 2.32. The Balaban J connectivity index is 3.37. The number of hydrogen-bond acceptors (Lipinski definition) is 5. The van der Waals surface area contributed by atoms with Gasteiger partial charge in [-0.15, -0.1) is 0 Å². The molecule has 0 heterocycles. The molecule has 0 spiro atoms. The third-order valence-electron chi connectivity index (χ3n) is 3.67. The van der Waals surface area contributed by atoms with Crippen LogP contribution in [0.1, 0.15) is 84.0 Å². The van der Waals surface area contributed by atoms with Crippen LogP contribution in [-0.2, 0) is 14.3 Å². The Bertz CT molecular complexity index is 291. The van der Waals surface area contributed by atoms with E-state index in [0.717, 1.165) is 26.4 Å². The minimum atomic E-state index is -0.969. The summed E-state index contributed by atoms with van der Waals surface area (Å²) >= 11 is 0. The Morgan fingerprint density at radius 2 is 1.45 bits per heavy atom. The summed E-state index contributed by atoms with van der Waals surface area (Å²) in [5.41, 5.74) is 0. The van der Waals surface area contributed by atoms with E-state index in [-0.39, 0.29) is 12.5 Å². The quantitative estimate of drug-likeness (QED) is 0.310. The van der Waals surface area contributed by atoms with E-state index >= 15 is 0 Å². The molecule has 0 bridgehead atoms. The van der Waals surface area contributed by atoms with Crippen LogP contribution >= 0.6 is 0 Å². The molecule has 0 aliphatic rings. The number of rotatable bonds is 13. The summed E-state index contributed by atoms with van der Waals surface area (Å²) in [4.78, 5) is 21.9. The van der Waals surface area contributed by atoms with Gasteiger partial charge in [-0.3, -0.25) is 4.79 Å². The monoisotopic (exact) mass is 316 g/mol. The third-order valence-corrected chi connectivity index (χ3v) is 3.67. The first-order valence-corrected chi connectivity index (χ1v) is 8.56. The Morgan fingerprint density at radius 3 is 2.05 bits per heavy atom. The maximum Gasteiger partial charge on any atom is 0.515 e. The van der Waals surface area contributed by atoms with Crippen LogP contribution in [0.5, 0.6) is 0 Å². The highest BCUT2D eigenvalue weighted by atomic mass is 16.7. The van der Waals surface area contributed by atoms with Gasteiger partial charge >= 0.3 is 12.1 Å². The summed E-state index contributed by atoms with van der Waals surface area (Å²) in [5.74, 6) is -0.576. The van der Waals surface area contributed by atoms with Gasteiger partial charge in [0.05, 0.1) is 13.2 Å². The highest BCUT2D eigenvalue weighted by Gasteiger charge is 2.10. The van der Waals surface area contributed by atoms with Gasteiger partial charge in [0.1, 0.15) is 0 Å². The minimum absolute atomic E-state index is 0.180. The predicted octanol–water partition coefficient (Wildman–Crippen LogP) is 4.36. The largest absolute Gasteiger partial charge is 0.515 e. The number of unbranched alkanes of at least 4 members (excludes halogenated alkanes) is 7. The number of carbonyl (C=O) groups is 2. The second-order valence-electron chi connectivity index (χ2n) is 5.74. The summed E-state index contributed by atoms with van der Waals surface area (Å²) < 4.78 is 8.59. The van der Waals surface area contributed by atoms with Crippen LogP contribution in [0.4, 0.5) is 4.79 Å². The van der Waals surface area contributed by atoms with Crippen molar-refractivity contribution >= 4 is 12.1 Å². The van der Waals surface area contributed by atoms with Crippen LogP contribution in [0.15, 0.2) is 0 Å². The highest BCUT2D eigenvalue weighted by Crippen LogP contribution is 2.13. The molecular weight excluding hydrogens is 284 g/mol. The van der Waals surface area contributed by atoms with Crippen molar-refractivity contribution in [2.45, 2.75) is 90.1 Å². The summed E-state index contributed by atoms with van der Waals surface area (Å²) in [7, 11) is 1.16. The Kier molecular flexibility index (Phi) is 14.1. The van der Waals surface area contributed by atoms with E-state index in [1.54, 1.807) is 0 Å². The molecule has 0 aliphatic carbocycles. The molecule has 0 radical (unpaired) electrons. The van der Waals surface area contributed by atoms with Crippen molar-refractivity contribution in [1.82, 2.24) is 0 Å². The van der Waals surface area contributed by atoms with E-state index < -0.39 is 12.1 Å². The first-order chi connectivity index (χ1) is 10.6. The fourth-order valence-corrected chi connectivity index (χ4v) is 2.32. The summed E-state index contributed by atoms with van der Waals surface area (Å²) in [5, 5.41) is 9.85. The van der Waals surface area contributed by atoms with E-state index in [2.05, 4.69) is 16.4 Å². The molecule has 1 N–H and O–H groups in total. The molecule has 0 saturated carbocycles. The van der Waals surface area contributed by atoms with E-state index in [1.165, 1.54) is 38.5 Å². The zero-order chi connectivity index (χ0) is 16.6. The van der Waals surface area contributed by atoms with E-state index in [0.29, 0.717) is 12.8 Å².